The summed E-state index contributed by atoms with van der Waals surface area (Å²) in [5.41, 5.74) is -4.00. The van der Waals surface area contributed by atoms with Crippen LogP contribution in [-0.2, 0) is 15.8 Å². The maximum absolute atomic E-state index is 14.5. The normalized spacial score (nSPS) is 24.0. The molecule has 0 unspecified atom stereocenters. The molecule has 8 nitrogen and oxygen atoms in total. The topological polar surface area (TPSA) is 90.6 Å². The number of benzene rings is 1. The number of carbonyl (C=O) groups excluding carboxylic acids is 1. The van der Waals surface area contributed by atoms with Crippen molar-refractivity contribution in [3.8, 4) is 16.9 Å². The number of amides is 1. The summed E-state index contributed by atoms with van der Waals surface area (Å²) in [5.74, 6) is 0.539. The number of fused-ring (bicyclic) bond motifs is 3. The van der Waals surface area contributed by atoms with Crippen LogP contribution in [-0.4, -0.2) is 46.2 Å². The van der Waals surface area contributed by atoms with Gasteiger partial charge in [-0.2, -0.15) is 26.9 Å². The smallest absolute Gasteiger partial charge is 0.427 e. The molecule has 4 aliphatic carbocycles. The summed E-state index contributed by atoms with van der Waals surface area (Å²) in [5, 5.41) is 4.12. The molecule has 0 aliphatic heterocycles. The van der Waals surface area contributed by atoms with Gasteiger partial charge in [0.1, 0.15) is 11.6 Å². The summed E-state index contributed by atoms with van der Waals surface area (Å²) >= 11 is 0. The van der Waals surface area contributed by atoms with E-state index >= 15 is 0 Å². The number of hydrogen-bond donors (Lipinski definition) is 0. The average molecular weight is 639 g/mol. The lowest BCUT2D eigenvalue weighted by atomic mass is 9.53. The number of rotatable bonds is 9. The zero-order valence-corrected chi connectivity index (χ0v) is 24.7. The Bertz CT molecular complexity index is 1530. The first-order valence-corrected chi connectivity index (χ1v) is 14.8. The molecular formula is C31H32F6N4O4. The molecule has 2 heterocycles. The largest absolute Gasteiger partial charge is 0.435 e. The second kappa shape index (κ2) is 10.9. The first-order chi connectivity index (χ1) is 21.1. The van der Waals surface area contributed by atoms with E-state index in [-0.39, 0.29) is 24.0 Å². The fourth-order valence-corrected chi connectivity index (χ4v) is 6.26. The third-order valence-corrected chi connectivity index (χ3v) is 9.55. The number of ether oxygens (including phenoxy) is 2. The highest BCUT2D eigenvalue weighted by molar-refractivity contribution is 5.88. The Hall–Kier alpha value is -3.84. The number of nitrogens with zero attached hydrogens (tertiary/aromatic N) is 4. The minimum absolute atomic E-state index is 0.0117. The molecule has 4 aliphatic rings. The van der Waals surface area contributed by atoms with E-state index in [1.165, 1.54) is 18.3 Å². The first kappa shape index (κ1) is 31.2. The van der Waals surface area contributed by atoms with Crippen molar-refractivity contribution in [1.29, 1.82) is 0 Å². The molecule has 0 N–H and O–H groups in total. The van der Waals surface area contributed by atoms with Crippen LogP contribution in [0.3, 0.4) is 0 Å². The van der Waals surface area contributed by atoms with E-state index in [4.69, 9.17) is 9.26 Å². The molecule has 2 bridgehead atoms. The van der Waals surface area contributed by atoms with Crippen molar-refractivity contribution in [1.82, 2.24) is 15.1 Å². The van der Waals surface area contributed by atoms with E-state index in [2.05, 4.69) is 19.9 Å². The van der Waals surface area contributed by atoms with Crippen LogP contribution in [0.15, 0.2) is 47.1 Å². The molecule has 0 saturated heterocycles. The van der Waals surface area contributed by atoms with E-state index in [1.54, 1.807) is 24.3 Å². The Morgan fingerprint density at radius 1 is 0.978 bits per heavy atom. The second-order valence-corrected chi connectivity index (χ2v) is 12.9. The minimum atomic E-state index is -4.82. The fraction of sp³-hybridized carbons (Fsp3) is 0.548. The van der Waals surface area contributed by atoms with Gasteiger partial charge < -0.3 is 14.0 Å². The molecule has 3 aromatic rings. The highest BCUT2D eigenvalue weighted by atomic mass is 19.4. The Balaban J connectivity index is 1.26. The number of carbonyl (C=O) groups is 1. The summed E-state index contributed by atoms with van der Waals surface area (Å²) in [6.07, 6.45) is -0.0976. The van der Waals surface area contributed by atoms with E-state index in [0.717, 1.165) is 18.7 Å². The standard InChI is InChI=1S/C31H32F6N4O4/c1-27(2,31(35,36)37)44-26(42)41(22-17-20(7-16-38-22)19-3-5-21(6-4-19)43-25(32)33)18-28-8-11-29(12-9-28,13-10-28)23-39-24(45-40-23)30(34)14-15-30/h3-7,16-17,25H,8-15,18H2,1-2H3. The van der Waals surface area contributed by atoms with Crippen LogP contribution in [0.1, 0.15) is 76.9 Å². The van der Waals surface area contributed by atoms with Crippen molar-refractivity contribution >= 4 is 11.9 Å². The predicted molar refractivity (Wildman–Crippen MR) is 148 cm³/mol. The molecular weight excluding hydrogens is 606 g/mol. The number of pyridine rings is 1. The Kier molecular flexibility index (Phi) is 7.55. The Morgan fingerprint density at radius 2 is 1.62 bits per heavy atom. The zero-order chi connectivity index (χ0) is 32.3. The van der Waals surface area contributed by atoms with Gasteiger partial charge in [-0.3, -0.25) is 4.90 Å². The van der Waals surface area contributed by atoms with Crippen LogP contribution in [0.2, 0.25) is 0 Å². The van der Waals surface area contributed by atoms with Gasteiger partial charge in [-0.05, 0) is 106 Å². The van der Waals surface area contributed by atoms with Crippen LogP contribution in [0.25, 0.3) is 11.1 Å². The highest BCUT2D eigenvalue weighted by Crippen LogP contribution is 2.58. The SMILES string of the molecule is CC(C)(OC(=O)N(CC12CCC(c3noc(C4(F)CC4)n3)(CC1)CC2)c1cc(-c2ccc(OC(F)F)cc2)ccn1)C(F)(F)F. The highest BCUT2D eigenvalue weighted by Gasteiger charge is 2.56. The monoisotopic (exact) mass is 638 g/mol. The maximum atomic E-state index is 14.5. The van der Waals surface area contributed by atoms with Crippen LogP contribution in [0, 0.1) is 5.41 Å². The summed E-state index contributed by atoms with van der Waals surface area (Å²) in [6.45, 7) is -1.36. The van der Waals surface area contributed by atoms with E-state index in [0.29, 0.717) is 68.3 Å². The molecule has 1 aromatic carbocycles. The van der Waals surface area contributed by atoms with Crippen LogP contribution in [0.4, 0.5) is 37.0 Å². The molecule has 45 heavy (non-hydrogen) atoms. The summed E-state index contributed by atoms with van der Waals surface area (Å²) < 4.78 is 95.6. The van der Waals surface area contributed by atoms with Crippen molar-refractivity contribution in [2.75, 3.05) is 11.4 Å². The van der Waals surface area contributed by atoms with Gasteiger partial charge >= 0.3 is 18.9 Å². The average Bonchev–Trinajstić information content (AvgIpc) is 3.53. The summed E-state index contributed by atoms with van der Waals surface area (Å²) in [6, 6.07) is 8.99. The Labute approximate surface area is 255 Å². The molecule has 242 valence electrons. The van der Waals surface area contributed by atoms with Crippen molar-refractivity contribution in [3.05, 3.63) is 54.3 Å². The summed E-state index contributed by atoms with van der Waals surface area (Å²) in [7, 11) is 0. The molecule has 14 heteroatoms. The number of hydrogen-bond acceptors (Lipinski definition) is 7. The molecule has 0 spiro atoms. The fourth-order valence-electron chi connectivity index (χ4n) is 6.26. The summed E-state index contributed by atoms with van der Waals surface area (Å²) in [4.78, 5) is 23.4. The van der Waals surface area contributed by atoms with Gasteiger partial charge in [0, 0.05) is 18.2 Å². The number of alkyl halides is 6. The molecule has 1 amide bonds. The zero-order valence-electron chi connectivity index (χ0n) is 24.7. The van der Waals surface area contributed by atoms with Gasteiger partial charge in [0.2, 0.25) is 5.60 Å². The molecule has 0 atom stereocenters. The van der Waals surface area contributed by atoms with Gasteiger partial charge in [-0.15, -0.1) is 0 Å². The third-order valence-electron chi connectivity index (χ3n) is 9.55. The van der Waals surface area contributed by atoms with Crippen molar-refractivity contribution in [3.63, 3.8) is 0 Å². The lowest BCUT2D eigenvalue weighted by Gasteiger charge is -2.53. The van der Waals surface area contributed by atoms with Crippen LogP contribution in [0.5, 0.6) is 5.75 Å². The second-order valence-electron chi connectivity index (χ2n) is 12.9. The first-order valence-electron chi connectivity index (χ1n) is 14.8. The van der Waals surface area contributed by atoms with E-state index in [1.807, 2.05) is 0 Å². The van der Waals surface area contributed by atoms with E-state index in [9.17, 15) is 31.1 Å². The van der Waals surface area contributed by atoms with Gasteiger partial charge in [-0.25, -0.2) is 14.2 Å². The number of aromatic nitrogens is 3. The molecule has 4 fully saturated rings. The van der Waals surface area contributed by atoms with Gasteiger partial charge in [0.25, 0.3) is 5.89 Å². The number of anilines is 1. The van der Waals surface area contributed by atoms with Crippen LogP contribution >= 0.6 is 0 Å². The molecule has 2 aromatic heterocycles. The lowest BCUT2D eigenvalue weighted by Crippen LogP contribution is -2.53. The van der Waals surface area contributed by atoms with Crippen LogP contribution < -0.4 is 9.64 Å². The van der Waals surface area contributed by atoms with Gasteiger partial charge in [0.15, 0.2) is 11.5 Å². The van der Waals surface area contributed by atoms with Crippen molar-refractivity contribution < 1.29 is 45.1 Å². The van der Waals surface area contributed by atoms with Crippen molar-refractivity contribution in [2.45, 2.75) is 94.7 Å². The van der Waals surface area contributed by atoms with Gasteiger partial charge in [-0.1, -0.05) is 17.3 Å². The van der Waals surface area contributed by atoms with E-state index < -0.39 is 41.0 Å². The van der Waals surface area contributed by atoms with Crippen molar-refractivity contribution in [2.24, 2.45) is 5.41 Å². The minimum Gasteiger partial charge on any atom is -0.435 e. The molecule has 4 saturated carbocycles. The predicted octanol–water partition coefficient (Wildman–Crippen LogP) is 8.27. The maximum Gasteiger partial charge on any atom is 0.427 e. The lowest BCUT2D eigenvalue weighted by molar-refractivity contribution is -0.243. The van der Waals surface area contributed by atoms with Gasteiger partial charge in [0.05, 0.1) is 0 Å². The third kappa shape index (κ3) is 6.07. The number of halogens is 6. The quantitative estimate of drug-likeness (QED) is 0.218. The Morgan fingerprint density at radius 3 is 2.20 bits per heavy atom. The molecule has 7 rings (SSSR count). The molecule has 0 radical (unpaired) electrons.